The average molecular weight is 410 g/mol. The van der Waals surface area contributed by atoms with Crippen LogP contribution in [0.1, 0.15) is 13.3 Å². The summed E-state index contributed by atoms with van der Waals surface area (Å²) in [7, 11) is -1.45. The summed E-state index contributed by atoms with van der Waals surface area (Å²) in [5, 5.41) is 2.60. The number of ether oxygens (including phenoxy) is 2. The summed E-state index contributed by atoms with van der Waals surface area (Å²) < 4.78 is 51.9. The first-order chi connectivity index (χ1) is 13.3. The molecule has 0 aliphatic heterocycles. The number of hydrogen-bond donors (Lipinski definition) is 1. The van der Waals surface area contributed by atoms with E-state index in [-0.39, 0.29) is 16.3 Å². The summed E-state index contributed by atoms with van der Waals surface area (Å²) >= 11 is 0. The Morgan fingerprint density at radius 2 is 1.79 bits per heavy atom. The summed E-state index contributed by atoms with van der Waals surface area (Å²) in [6, 6.07) is 9.40. The maximum atomic E-state index is 14.4. The molecule has 0 fully saturated rings. The number of nitrogens with zero attached hydrogens (tertiary/aromatic N) is 1. The van der Waals surface area contributed by atoms with Crippen molar-refractivity contribution < 1.29 is 27.1 Å². The number of sulfonamides is 1. The minimum atomic E-state index is -4.26. The van der Waals surface area contributed by atoms with Gasteiger partial charge in [0.25, 0.3) is 10.0 Å². The lowest BCUT2D eigenvalue weighted by Crippen LogP contribution is -2.41. The largest absolute Gasteiger partial charge is 0.493 e. The maximum Gasteiger partial charge on any atom is 0.265 e. The Morgan fingerprint density at radius 3 is 2.39 bits per heavy atom. The van der Waals surface area contributed by atoms with Crippen LogP contribution in [0.4, 0.5) is 10.1 Å². The van der Waals surface area contributed by atoms with Gasteiger partial charge >= 0.3 is 0 Å². The van der Waals surface area contributed by atoms with E-state index in [0.29, 0.717) is 18.7 Å². The molecule has 0 radical (unpaired) electrons. The Morgan fingerprint density at radius 1 is 1.11 bits per heavy atom. The van der Waals surface area contributed by atoms with Gasteiger partial charge in [-0.2, -0.15) is 0 Å². The van der Waals surface area contributed by atoms with E-state index in [0.717, 1.165) is 10.4 Å². The molecule has 0 spiro atoms. The Labute approximate surface area is 164 Å². The molecule has 7 nitrogen and oxygen atoms in total. The van der Waals surface area contributed by atoms with Crippen LogP contribution in [0.3, 0.4) is 0 Å². The fourth-order valence-corrected chi connectivity index (χ4v) is 3.95. The predicted molar refractivity (Wildman–Crippen MR) is 104 cm³/mol. The van der Waals surface area contributed by atoms with Gasteiger partial charge in [0.1, 0.15) is 12.4 Å². The van der Waals surface area contributed by atoms with Crippen molar-refractivity contribution in [3.8, 4) is 11.5 Å². The molecule has 0 bridgehead atoms. The van der Waals surface area contributed by atoms with Crippen molar-refractivity contribution in [1.29, 1.82) is 0 Å². The molecule has 0 saturated carbocycles. The van der Waals surface area contributed by atoms with Crippen molar-refractivity contribution in [3.63, 3.8) is 0 Å². The molecule has 2 rings (SSSR count). The quantitative estimate of drug-likeness (QED) is 0.687. The average Bonchev–Trinajstić information content (AvgIpc) is 2.70. The van der Waals surface area contributed by atoms with Crippen molar-refractivity contribution in [3.05, 3.63) is 48.3 Å². The number of carbonyl (C=O) groups excluding carboxylic acids is 1. The third kappa shape index (κ3) is 4.72. The van der Waals surface area contributed by atoms with Crippen LogP contribution in [0, 0.1) is 5.82 Å². The molecule has 9 heteroatoms. The number of para-hydroxylation sites is 1. The van der Waals surface area contributed by atoms with Gasteiger partial charge in [0.2, 0.25) is 5.91 Å². The van der Waals surface area contributed by atoms with Gasteiger partial charge in [-0.15, -0.1) is 0 Å². The minimum Gasteiger partial charge on any atom is -0.493 e. The number of nitrogens with one attached hydrogen (secondary N) is 1. The smallest absolute Gasteiger partial charge is 0.265 e. The number of rotatable bonds is 9. The van der Waals surface area contributed by atoms with Crippen LogP contribution in [-0.4, -0.2) is 41.6 Å². The third-order valence-electron chi connectivity index (χ3n) is 3.92. The lowest BCUT2D eigenvalue weighted by atomic mass is 10.3. The van der Waals surface area contributed by atoms with E-state index >= 15 is 0 Å². The Balaban J connectivity index is 2.52. The number of carbonyl (C=O) groups is 1. The molecule has 0 saturated heterocycles. The second kappa shape index (κ2) is 9.41. The molecule has 0 atom stereocenters. The molecule has 0 unspecified atom stereocenters. The van der Waals surface area contributed by atoms with Crippen LogP contribution in [0.2, 0.25) is 0 Å². The first-order valence-corrected chi connectivity index (χ1v) is 10.0. The van der Waals surface area contributed by atoms with Crippen molar-refractivity contribution in [1.82, 2.24) is 5.32 Å². The van der Waals surface area contributed by atoms with Crippen molar-refractivity contribution in [2.45, 2.75) is 18.2 Å². The normalized spacial score (nSPS) is 11.0. The Hall–Kier alpha value is -2.81. The first-order valence-electron chi connectivity index (χ1n) is 8.61. The van der Waals surface area contributed by atoms with Gasteiger partial charge in [-0.1, -0.05) is 19.1 Å². The third-order valence-corrected chi connectivity index (χ3v) is 5.68. The van der Waals surface area contributed by atoms with Gasteiger partial charge in [0.05, 0.1) is 24.8 Å². The van der Waals surface area contributed by atoms with E-state index in [2.05, 4.69) is 5.32 Å². The van der Waals surface area contributed by atoms with Crippen LogP contribution >= 0.6 is 0 Å². The summed E-state index contributed by atoms with van der Waals surface area (Å²) in [4.78, 5) is 12.1. The van der Waals surface area contributed by atoms with E-state index < -0.39 is 28.3 Å². The summed E-state index contributed by atoms with van der Waals surface area (Å²) in [6.45, 7) is 1.70. The number of anilines is 1. The molecule has 2 aromatic carbocycles. The fraction of sp³-hybridized carbons (Fsp3) is 0.316. The van der Waals surface area contributed by atoms with Crippen LogP contribution < -0.4 is 19.1 Å². The zero-order valence-corrected chi connectivity index (χ0v) is 16.8. The molecule has 1 amide bonds. The Bertz CT molecular complexity index is 934. The lowest BCUT2D eigenvalue weighted by Gasteiger charge is -2.24. The number of hydrogen-bond acceptors (Lipinski definition) is 5. The molecule has 28 heavy (non-hydrogen) atoms. The maximum absolute atomic E-state index is 14.4. The Kier molecular flexibility index (Phi) is 7.22. The topological polar surface area (TPSA) is 84.9 Å². The predicted octanol–water partition coefficient (Wildman–Crippen LogP) is 2.56. The number of methoxy groups -OCH3 is 2. The van der Waals surface area contributed by atoms with E-state index in [1.54, 1.807) is 0 Å². The van der Waals surface area contributed by atoms with E-state index in [1.165, 1.54) is 50.6 Å². The van der Waals surface area contributed by atoms with E-state index in [9.17, 15) is 17.6 Å². The van der Waals surface area contributed by atoms with Gasteiger partial charge in [-0.3, -0.25) is 9.10 Å². The van der Waals surface area contributed by atoms with Crippen molar-refractivity contribution in [2.75, 3.05) is 31.6 Å². The highest BCUT2D eigenvalue weighted by molar-refractivity contribution is 7.92. The van der Waals surface area contributed by atoms with Crippen molar-refractivity contribution in [2.24, 2.45) is 0 Å². The van der Waals surface area contributed by atoms with Crippen molar-refractivity contribution >= 4 is 21.6 Å². The molecule has 2 aromatic rings. The second-order valence-electron chi connectivity index (χ2n) is 5.83. The van der Waals surface area contributed by atoms with E-state index in [4.69, 9.17) is 9.47 Å². The summed E-state index contributed by atoms with van der Waals surface area (Å²) in [6.07, 6.45) is 0.688. The molecule has 1 N–H and O–H groups in total. The molecular formula is C19H23FN2O5S. The van der Waals surface area contributed by atoms with Gasteiger partial charge in [0, 0.05) is 12.6 Å². The van der Waals surface area contributed by atoms with Crippen LogP contribution in [0.25, 0.3) is 0 Å². The second-order valence-corrected chi connectivity index (χ2v) is 7.69. The molecule has 0 aliphatic carbocycles. The summed E-state index contributed by atoms with van der Waals surface area (Å²) in [5.41, 5.74) is -0.219. The van der Waals surface area contributed by atoms with Crippen LogP contribution in [0.5, 0.6) is 11.5 Å². The SMILES string of the molecule is CCCNC(=O)CN(c1ccccc1F)S(=O)(=O)c1ccc(OC)c(OC)c1. The number of benzene rings is 2. The van der Waals surface area contributed by atoms with Gasteiger partial charge in [0.15, 0.2) is 11.5 Å². The van der Waals surface area contributed by atoms with Gasteiger partial charge in [-0.25, -0.2) is 12.8 Å². The summed E-state index contributed by atoms with van der Waals surface area (Å²) in [5.74, 6) is -0.740. The van der Waals surface area contributed by atoms with Crippen LogP contribution in [-0.2, 0) is 14.8 Å². The first kappa shape index (κ1) is 21.5. The fourth-order valence-electron chi connectivity index (χ4n) is 2.51. The monoisotopic (exact) mass is 410 g/mol. The van der Waals surface area contributed by atoms with E-state index in [1.807, 2.05) is 6.92 Å². The van der Waals surface area contributed by atoms with Crippen LogP contribution in [0.15, 0.2) is 47.4 Å². The molecule has 0 heterocycles. The zero-order valence-electron chi connectivity index (χ0n) is 15.9. The highest BCUT2D eigenvalue weighted by atomic mass is 32.2. The molecule has 0 aromatic heterocycles. The highest BCUT2D eigenvalue weighted by Gasteiger charge is 2.30. The van der Waals surface area contributed by atoms with Gasteiger partial charge < -0.3 is 14.8 Å². The highest BCUT2D eigenvalue weighted by Crippen LogP contribution is 2.32. The molecule has 0 aliphatic rings. The zero-order chi connectivity index (χ0) is 20.7. The standard InChI is InChI=1S/C19H23FN2O5S/c1-4-11-21-19(23)13-22(16-8-6-5-7-15(16)20)28(24,25)14-9-10-17(26-2)18(12-14)27-3/h5-10,12H,4,11,13H2,1-3H3,(H,21,23). The van der Waals surface area contributed by atoms with Gasteiger partial charge in [-0.05, 0) is 30.7 Å². The number of amides is 1. The molecular weight excluding hydrogens is 387 g/mol. The molecule has 152 valence electrons. The minimum absolute atomic E-state index is 0.156. The lowest BCUT2D eigenvalue weighted by molar-refractivity contribution is -0.119. The number of halogens is 1.